The first kappa shape index (κ1) is 3.65. The molecule has 0 aliphatic carbocycles. The van der Waals surface area contributed by atoms with Crippen molar-refractivity contribution in [3.05, 3.63) is 12.1 Å². The van der Waals surface area contributed by atoms with Crippen LogP contribution in [0.5, 0.6) is 0 Å². The van der Waals surface area contributed by atoms with E-state index in [0.29, 0.717) is 0 Å². The second kappa shape index (κ2) is 2.79. The molecule has 0 radical (unpaired) electrons. The summed E-state index contributed by atoms with van der Waals surface area (Å²) in [6.07, 6.45) is 0. The van der Waals surface area contributed by atoms with Crippen molar-refractivity contribution in [1.82, 2.24) is 0 Å². The van der Waals surface area contributed by atoms with Crippen LogP contribution in [0.3, 0.4) is 0 Å². The van der Waals surface area contributed by atoms with Crippen LogP contribution in [0.15, 0.2) is 12.1 Å². The Labute approximate surface area is 47.9 Å². The summed E-state index contributed by atoms with van der Waals surface area (Å²) < 4.78 is 12.9. The molecule has 0 saturated heterocycles. The van der Waals surface area contributed by atoms with Gasteiger partial charge in [-0.2, -0.15) is 0 Å². The molecule has 0 aromatic carbocycles. The lowest BCUT2D eigenvalue weighted by molar-refractivity contribution is -0.134. The molecule has 44 valence electrons. The first-order valence-electron chi connectivity index (χ1n) is 2.61. The molecular formula is C4H4O4. The summed E-state index contributed by atoms with van der Waals surface area (Å²) in [6, 6.07) is -2.43. The van der Waals surface area contributed by atoms with Gasteiger partial charge in [-0.3, -0.25) is 0 Å². The lowest BCUT2D eigenvalue weighted by Gasteiger charge is -1.74. The van der Waals surface area contributed by atoms with E-state index < -0.39 is 24.0 Å². The molecule has 2 N–H and O–H groups in total. The van der Waals surface area contributed by atoms with Gasteiger partial charge < -0.3 is 10.2 Å². The highest BCUT2D eigenvalue weighted by Crippen LogP contribution is 1.70. The first-order chi connectivity index (χ1) is 4.46. The minimum Gasteiger partial charge on any atom is -0.478 e. The third kappa shape index (κ3) is 4.68. The summed E-state index contributed by atoms with van der Waals surface area (Å²) in [5, 5.41) is 15.9. The number of carboxylic acids is 2. The van der Waals surface area contributed by atoms with E-state index in [4.69, 9.17) is 13.0 Å². The molecule has 4 heteroatoms. The Hall–Kier alpha value is -1.32. The molecule has 0 heterocycles. The van der Waals surface area contributed by atoms with Crippen molar-refractivity contribution in [2.24, 2.45) is 0 Å². The SMILES string of the molecule is [2H]/C(C(=O)O)=[13C](/[2H])[13C](=O)O. The van der Waals surface area contributed by atoms with Crippen LogP contribution in [0.25, 0.3) is 0 Å². The molecule has 0 aliphatic rings. The van der Waals surface area contributed by atoms with E-state index in [-0.39, 0.29) is 0 Å². The van der Waals surface area contributed by atoms with Crippen molar-refractivity contribution in [2.45, 2.75) is 0 Å². The van der Waals surface area contributed by atoms with Crippen molar-refractivity contribution in [1.29, 1.82) is 0 Å². The molecule has 0 rings (SSSR count). The first-order valence-corrected chi connectivity index (χ1v) is 1.61. The smallest absolute Gasteiger partial charge is 0.328 e. The number of carbonyl (C=O) groups is 2. The van der Waals surface area contributed by atoms with Crippen molar-refractivity contribution in [2.75, 3.05) is 0 Å². The number of aliphatic carboxylic acids is 2. The van der Waals surface area contributed by atoms with E-state index in [9.17, 15) is 9.59 Å². The second-order valence-corrected chi connectivity index (χ2v) is 0.860. The summed E-state index contributed by atoms with van der Waals surface area (Å²) in [6.45, 7) is 0. The van der Waals surface area contributed by atoms with Gasteiger partial charge in [0.05, 0.1) is 2.74 Å². The normalized spacial score (nSPS) is 15.5. The number of rotatable bonds is 2. The van der Waals surface area contributed by atoms with Gasteiger partial charge in [-0.05, 0) is 0 Å². The van der Waals surface area contributed by atoms with Gasteiger partial charge in [0.15, 0.2) is 0 Å². The molecule has 0 bridgehead atoms. The summed E-state index contributed by atoms with van der Waals surface area (Å²) in [5.41, 5.74) is 0. The predicted molar refractivity (Wildman–Crippen MR) is 24.4 cm³/mol. The Morgan fingerprint density at radius 1 is 1.25 bits per heavy atom. The molecule has 0 unspecified atom stereocenters. The van der Waals surface area contributed by atoms with Crippen molar-refractivity contribution < 1.29 is 22.5 Å². The van der Waals surface area contributed by atoms with E-state index in [2.05, 4.69) is 0 Å². The van der Waals surface area contributed by atoms with Gasteiger partial charge in [0, 0.05) is 12.1 Å². The van der Waals surface area contributed by atoms with Gasteiger partial charge in [0.1, 0.15) is 0 Å². The maximum Gasteiger partial charge on any atom is 0.328 e. The molecule has 0 atom stereocenters. The molecule has 4 nitrogen and oxygen atoms in total. The molecule has 0 spiro atoms. The lowest BCUT2D eigenvalue weighted by atomic mass is 10.7. The fourth-order valence-electron chi connectivity index (χ4n) is 0.107. The molecule has 8 heavy (non-hydrogen) atoms. The second-order valence-electron chi connectivity index (χ2n) is 0.860. The van der Waals surface area contributed by atoms with Crippen LogP contribution in [-0.4, -0.2) is 22.2 Å². The fraction of sp³-hybridized carbons (Fsp3) is 0. The average molecular weight is 120 g/mol. The minimum atomic E-state index is -1.72. The van der Waals surface area contributed by atoms with Gasteiger partial charge in [0.25, 0.3) is 0 Å². The van der Waals surface area contributed by atoms with E-state index in [1.54, 1.807) is 0 Å². The predicted octanol–water partition coefficient (Wildman–Crippen LogP) is -0.288. The van der Waals surface area contributed by atoms with Crippen LogP contribution in [0.1, 0.15) is 2.74 Å². The third-order valence-corrected chi connectivity index (χ3v) is 0.276. The van der Waals surface area contributed by atoms with E-state index in [1.165, 1.54) is 0 Å². The Morgan fingerprint density at radius 2 is 1.50 bits per heavy atom. The van der Waals surface area contributed by atoms with Gasteiger partial charge in [-0.25, -0.2) is 9.59 Å². The molecule has 0 aliphatic heterocycles. The van der Waals surface area contributed by atoms with Crippen LogP contribution < -0.4 is 0 Å². The monoisotopic (exact) mass is 120 g/mol. The standard InChI is InChI=1S/C4H4O4/c5-3(6)1-2-4(7)8/h1-2H,(H,5,6)(H,7,8)/b2-1+/i1D,2+1D,4+1. The van der Waals surface area contributed by atoms with Crippen LogP contribution in [0.2, 0.25) is 0 Å². The summed E-state index contributed by atoms with van der Waals surface area (Å²) in [4.78, 5) is 19.6. The Morgan fingerprint density at radius 3 is 1.62 bits per heavy atom. The highest BCUT2D eigenvalue weighted by Gasteiger charge is 1.88. The minimum absolute atomic E-state index is 1.22. The molecule has 0 amide bonds. The van der Waals surface area contributed by atoms with E-state index in [0.717, 1.165) is 0 Å². The molecule has 0 saturated carbocycles. The molecule has 0 aromatic heterocycles. The largest absolute Gasteiger partial charge is 0.478 e. The lowest BCUT2D eigenvalue weighted by Crippen LogP contribution is -1.91. The molecular weight excluding hydrogens is 114 g/mol. The van der Waals surface area contributed by atoms with Crippen LogP contribution in [0.4, 0.5) is 0 Å². The number of hydrogen-bond donors (Lipinski definition) is 2. The molecule has 0 aromatic rings. The van der Waals surface area contributed by atoms with Crippen LogP contribution in [-0.2, 0) is 9.59 Å². The van der Waals surface area contributed by atoms with Crippen molar-refractivity contribution in [3.8, 4) is 0 Å². The maximum atomic E-state index is 9.82. The summed E-state index contributed by atoms with van der Waals surface area (Å²) in [7, 11) is 0. The summed E-state index contributed by atoms with van der Waals surface area (Å²) in [5.74, 6) is -3.43. The van der Waals surface area contributed by atoms with Crippen molar-refractivity contribution in [3.63, 3.8) is 0 Å². The molecule has 0 fully saturated rings. The fourth-order valence-corrected chi connectivity index (χ4v) is 0.107. The Balaban J connectivity index is 4.67. The highest BCUT2D eigenvalue weighted by atomic mass is 16.5. The van der Waals surface area contributed by atoms with Gasteiger partial charge in [0.2, 0.25) is 0 Å². The quantitative estimate of drug-likeness (QED) is 0.388. The zero-order valence-electron chi connectivity index (χ0n) is 5.71. The van der Waals surface area contributed by atoms with E-state index in [1.807, 2.05) is 0 Å². The van der Waals surface area contributed by atoms with E-state index >= 15 is 0 Å². The third-order valence-electron chi connectivity index (χ3n) is 0.276. The van der Waals surface area contributed by atoms with Gasteiger partial charge in [-0.15, -0.1) is 0 Å². The topological polar surface area (TPSA) is 74.6 Å². The zero-order chi connectivity index (χ0) is 8.31. The average Bonchev–Trinajstić information content (AvgIpc) is 1.84. The maximum absolute atomic E-state index is 9.82. The highest BCUT2D eigenvalue weighted by molar-refractivity contribution is 5.89. The van der Waals surface area contributed by atoms with Crippen LogP contribution >= 0.6 is 0 Å². The summed E-state index contributed by atoms with van der Waals surface area (Å²) >= 11 is 0. The van der Waals surface area contributed by atoms with Crippen molar-refractivity contribution >= 4 is 11.9 Å². The van der Waals surface area contributed by atoms with Gasteiger partial charge in [-0.1, -0.05) is 0 Å². The number of hydrogen-bond acceptors (Lipinski definition) is 2. The zero-order valence-corrected chi connectivity index (χ0v) is 3.71. The van der Waals surface area contributed by atoms with Crippen LogP contribution in [0, 0.1) is 0 Å². The van der Waals surface area contributed by atoms with Gasteiger partial charge >= 0.3 is 11.9 Å². The Bertz CT molecular complexity index is 185. The number of carboxylic acid groups (broad SMARTS) is 2. The Kier molecular flexibility index (Phi) is 1.27.